The first kappa shape index (κ1) is 14.1. The normalized spacial score (nSPS) is 13.9. The second-order valence-electron chi connectivity index (χ2n) is 4.36. The van der Waals surface area contributed by atoms with Crippen LogP contribution in [0.15, 0.2) is 0 Å². The Labute approximate surface area is 88.4 Å². The first-order chi connectivity index (χ1) is 6.63. The fraction of sp³-hybridized carbons (Fsp3) is 0.889. The number of nitrogens with two attached hydrogens (primary N) is 1. The van der Waals surface area contributed by atoms with Gasteiger partial charge in [0.05, 0.1) is 6.04 Å². The minimum atomic E-state index is -2.64. The molecule has 90 valence electrons. The largest absolute Gasteiger partial charge is 0.444 e. The summed E-state index contributed by atoms with van der Waals surface area (Å²) < 4.78 is 29.1. The zero-order chi connectivity index (χ0) is 12.2. The predicted molar refractivity (Wildman–Crippen MR) is 52.8 cm³/mol. The summed E-state index contributed by atoms with van der Waals surface area (Å²) in [5, 5.41) is 0. The van der Waals surface area contributed by atoms with Crippen LogP contribution in [0.3, 0.4) is 0 Å². The van der Waals surface area contributed by atoms with Gasteiger partial charge in [0.2, 0.25) is 0 Å². The van der Waals surface area contributed by atoms with Crippen LogP contribution in [0.4, 0.5) is 13.6 Å². The van der Waals surface area contributed by atoms with Crippen LogP contribution in [0, 0.1) is 0 Å². The molecule has 1 unspecified atom stereocenters. The summed E-state index contributed by atoms with van der Waals surface area (Å²) in [5.74, 6) is 0. The van der Waals surface area contributed by atoms with E-state index in [1.165, 1.54) is 7.05 Å². The topological polar surface area (TPSA) is 55.6 Å². The standard InChI is InChI=1S/C9H18F2N2O2/c1-9(2,3)15-8(14)13(4)5-6(12)7(10)11/h6-7H,5,12H2,1-4H3. The third-order valence-electron chi connectivity index (χ3n) is 1.51. The van der Waals surface area contributed by atoms with Gasteiger partial charge in [0.1, 0.15) is 5.60 Å². The van der Waals surface area contributed by atoms with Gasteiger partial charge >= 0.3 is 6.09 Å². The summed E-state index contributed by atoms with van der Waals surface area (Å²) >= 11 is 0. The third-order valence-corrected chi connectivity index (χ3v) is 1.51. The Bertz CT molecular complexity index is 217. The van der Waals surface area contributed by atoms with Crippen LogP contribution in [0.5, 0.6) is 0 Å². The molecule has 1 atom stereocenters. The van der Waals surface area contributed by atoms with E-state index in [1.54, 1.807) is 20.8 Å². The zero-order valence-corrected chi connectivity index (χ0v) is 9.46. The fourth-order valence-corrected chi connectivity index (χ4v) is 0.810. The Kier molecular flexibility index (Phi) is 4.93. The Morgan fingerprint density at radius 2 is 1.93 bits per heavy atom. The van der Waals surface area contributed by atoms with E-state index in [0.717, 1.165) is 4.90 Å². The van der Waals surface area contributed by atoms with Gasteiger partial charge in [0.15, 0.2) is 0 Å². The van der Waals surface area contributed by atoms with Gasteiger partial charge in [-0.3, -0.25) is 0 Å². The fourth-order valence-electron chi connectivity index (χ4n) is 0.810. The van der Waals surface area contributed by atoms with Crippen molar-refractivity contribution in [2.75, 3.05) is 13.6 Å². The molecule has 0 aromatic carbocycles. The van der Waals surface area contributed by atoms with Crippen LogP contribution in [-0.4, -0.2) is 42.7 Å². The molecule has 0 aliphatic heterocycles. The van der Waals surface area contributed by atoms with Crippen molar-refractivity contribution in [1.82, 2.24) is 4.90 Å². The molecular weight excluding hydrogens is 206 g/mol. The molecule has 2 N–H and O–H groups in total. The Hall–Kier alpha value is -0.910. The molecule has 0 aromatic heterocycles. The molecule has 0 heterocycles. The van der Waals surface area contributed by atoms with E-state index in [9.17, 15) is 13.6 Å². The molecule has 0 radical (unpaired) electrons. The van der Waals surface area contributed by atoms with E-state index in [0.29, 0.717) is 0 Å². The van der Waals surface area contributed by atoms with Crippen molar-refractivity contribution in [3.8, 4) is 0 Å². The molecule has 0 aromatic rings. The monoisotopic (exact) mass is 224 g/mol. The smallest absolute Gasteiger partial charge is 0.410 e. The highest BCUT2D eigenvalue weighted by molar-refractivity contribution is 5.67. The van der Waals surface area contributed by atoms with Crippen molar-refractivity contribution in [2.24, 2.45) is 5.73 Å². The highest BCUT2D eigenvalue weighted by Gasteiger charge is 2.23. The highest BCUT2D eigenvalue weighted by Crippen LogP contribution is 2.09. The van der Waals surface area contributed by atoms with Crippen LogP contribution in [-0.2, 0) is 4.74 Å². The van der Waals surface area contributed by atoms with Gasteiger partial charge in [-0.05, 0) is 20.8 Å². The van der Waals surface area contributed by atoms with Gasteiger partial charge in [-0.2, -0.15) is 0 Å². The number of rotatable bonds is 3. The van der Waals surface area contributed by atoms with E-state index in [4.69, 9.17) is 10.5 Å². The first-order valence-electron chi connectivity index (χ1n) is 4.61. The number of ether oxygens (including phenoxy) is 1. The zero-order valence-electron chi connectivity index (χ0n) is 9.46. The number of hydrogen-bond donors (Lipinski definition) is 1. The molecule has 0 bridgehead atoms. The van der Waals surface area contributed by atoms with Crippen LogP contribution >= 0.6 is 0 Å². The molecule has 0 spiro atoms. The maximum absolute atomic E-state index is 12.1. The van der Waals surface area contributed by atoms with E-state index in [2.05, 4.69) is 0 Å². The summed E-state index contributed by atoms with van der Waals surface area (Å²) in [6.45, 7) is 4.87. The molecule has 0 rings (SSSR count). The second-order valence-corrected chi connectivity index (χ2v) is 4.36. The van der Waals surface area contributed by atoms with E-state index >= 15 is 0 Å². The van der Waals surface area contributed by atoms with Crippen molar-refractivity contribution in [1.29, 1.82) is 0 Å². The van der Waals surface area contributed by atoms with Gasteiger partial charge in [-0.1, -0.05) is 0 Å². The Morgan fingerprint density at radius 1 is 1.47 bits per heavy atom. The first-order valence-corrected chi connectivity index (χ1v) is 4.61. The number of hydrogen-bond acceptors (Lipinski definition) is 3. The Balaban J connectivity index is 4.11. The quantitative estimate of drug-likeness (QED) is 0.789. The van der Waals surface area contributed by atoms with Crippen LogP contribution in [0.2, 0.25) is 0 Å². The molecule has 4 nitrogen and oxygen atoms in total. The summed E-state index contributed by atoms with van der Waals surface area (Å²) in [7, 11) is 1.37. The number of amides is 1. The lowest BCUT2D eigenvalue weighted by Crippen LogP contribution is -2.44. The molecule has 0 aliphatic carbocycles. The van der Waals surface area contributed by atoms with Gasteiger partial charge in [-0.25, -0.2) is 13.6 Å². The number of alkyl halides is 2. The van der Waals surface area contributed by atoms with Crippen LogP contribution in [0.25, 0.3) is 0 Å². The summed E-state index contributed by atoms with van der Waals surface area (Å²) in [4.78, 5) is 12.4. The van der Waals surface area contributed by atoms with Gasteiger partial charge in [0.25, 0.3) is 6.43 Å². The second kappa shape index (κ2) is 5.25. The van der Waals surface area contributed by atoms with Gasteiger partial charge in [-0.15, -0.1) is 0 Å². The summed E-state index contributed by atoms with van der Waals surface area (Å²) in [6.07, 6.45) is -3.30. The number of carbonyl (C=O) groups is 1. The Morgan fingerprint density at radius 3 is 2.27 bits per heavy atom. The molecular formula is C9H18F2N2O2. The van der Waals surface area contributed by atoms with Crippen molar-refractivity contribution < 1.29 is 18.3 Å². The van der Waals surface area contributed by atoms with Crippen molar-refractivity contribution >= 4 is 6.09 Å². The number of halogens is 2. The van der Waals surface area contributed by atoms with Gasteiger partial charge in [0, 0.05) is 13.6 Å². The number of carbonyl (C=O) groups excluding carboxylic acids is 1. The lowest BCUT2D eigenvalue weighted by Gasteiger charge is -2.26. The maximum Gasteiger partial charge on any atom is 0.410 e. The third kappa shape index (κ3) is 6.22. The molecule has 15 heavy (non-hydrogen) atoms. The van der Waals surface area contributed by atoms with E-state index in [1.807, 2.05) is 0 Å². The predicted octanol–water partition coefficient (Wildman–Crippen LogP) is 1.45. The highest BCUT2D eigenvalue weighted by atomic mass is 19.3. The molecule has 0 fully saturated rings. The molecule has 6 heteroatoms. The van der Waals surface area contributed by atoms with Crippen LogP contribution < -0.4 is 5.73 Å². The molecule has 0 saturated carbocycles. The average molecular weight is 224 g/mol. The summed E-state index contributed by atoms with van der Waals surface area (Å²) in [6, 6.07) is -1.34. The summed E-state index contributed by atoms with van der Waals surface area (Å²) in [5.41, 5.74) is 4.48. The van der Waals surface area contributed by atoms with E-state index < -0.39 is 24.2 Å². The van der Waals surface area contributed by atoms with Crippen molar-refractivity contribution in [2.45, 2.75) is 38.8 Å². The lowest BCUT2D eigenvalue weighted by atomic mass is 10.2. The number of nitrogens with zero attached hydrogens (tertiary/aromatic N) is 1. The molecule has 0 saturated heterocycles. The number of likely N-dealkylation sites (N-methyl/N-ethyl adjacent to an activating group) is 1. The molecule has 1 amide bonds. The minimum absolute atomic E-state index is 0.230. The van der Waals surface area contributed by atoms with E-state index in [-0.39, 0.29) is 6.54 Å². The lowest BCUT2D eigenvalue weighted by molar-refractivity contribution is 0.0236. The molecule has 0 aliphatic rings. The average Bonchev–Trinajstić information content (AvgIpc) is 2.00. The van der Waals surface area contributed by atoms with Crippen molar-refractivity contribution in [3.63, 3.8) is 0 Å². The SMILES string of the molecule is CN(CC(N)C(F)F)C(=O)OC(C)(C)C. The maximum atomic E-state index is 12.1. The minimum Gasteiger partial charge on any atom is -0.444 e. The van der Waals surface area contributed by atoms with Gasteiger partial charge < -0.3 is 15.4 Å². The van der Waals surface area contributed by atoms with Crippen LogP contribution in [0.1, 0.15) is 20.8 Å². The van der Waals surface area contributed by atoms with Crippen molar-refractivity contribution in [3.05, 3.63) is 0 Å².